The van der Waals surface area contributed by atoms with E-state index in [2.05, 4.69) is 106 Å². The summed E-state index contributed by atoms with van der Waals surface area (Å²) in [4.78, 5) is 0. The van der Waals surface area contributed by atoms with Gasteiger partial charge in [0.25, 0.3) is 0 Å². The SMILES string of the molecule is C=C/C=C\C(=C/C)C1(C)C=CC(Pc2ccc(C)cc2-c2ccccc2)=CC1. The van der Waals surface area contributed by atoms with Gasteiger partial charge in [0.15, 0.2) is 0 Å². The number of hydrogen-bond acceptors (Lipinski definition) is 0. The van der Waals surface area contributed by atoms with Crippen LogP contribution in [0.1, 0.15) is 25.8 Å². The first-order chi connectivity index (χ1) is 13.6. The molecule has 3 rings (SSSR count). The maximum absolute atomic E-state index is 3.79. The summed E-state index contributed by atoms with van der Waals surface area (Å²) >= 11 is 0. The maximum Gasteiger partial charge on any atom is 0.0138 e. The van der Waals surface area contributed by atoms with Crippen molar-refractivity contribution in [2.45, 2.75) is 27.2 Å². The van der Waals surface area contributed by atoms with Crippen LogP contribution in [-0.2, 0) is 0 Å². The van der Waals surface area contributed by atoms with E-state index in [1.165, 1.54) is 32.9 Å². The van der Waals surface area contributed by atoms with Crippen LogP contribution in [0.2, 0.25) is 0 Å². The van der Waals surface area contributed by atoms with Crippen molar-refractivity contribution in [2.24, 2.45) is 5.41 Å². The van der Waals surface area contributed by atoms with Crippen molar-refractivity contribution in [1.29, 1.82) is 0 Å². The normalized spacial score (nSPS) is 20.1. The van der Waals surface area contributed by atoms with E-state index in [-0.39, 0.29) is 5.41 Å². The second-order valence-corrected chi connectivity index (χ2v) is 8.86. The van der Waals surface area contributed by atoms with Crippen molar-refractivity contribution in [3.05, 3.63) is 114 Å². The minimum absolute atomic E-state index is 0.0533. The second kappa shape index (κ2) is 9.18. The van der Waals surface area contributed by atoms with Gasteiger partial charge >= 0.3 is 0 Å². The number of aryl methyl sites for hydroxylation is 1. The Morgan fingerprint density at radius 3 is 2.57 bits per heavy atom. The van der Waals surface area contributed by atoms with Crippen molar-refractivity contribution in [2.75, 3.05) is 0 Å². The predicted octanol–water partition coefficient (Wildman–Crippen LogP) is 7.50. The summed E-state index contributed by atoms with van der Waals surface area (Å²) in [6, 6.07) is 17.6. The van der Waals surface area contributed by atoms with Crippen molar-refractivity contribution in [3.8, 4) is 11.1 Å². The minimum atomic E-state index is 0.0533. The Labute approximate surface area is 171 Å². The van der Waals surface area contributed by atoms with E-state index in [0.717, 1.165) is 6.42 Å². The molecule has 1 aliphatic carbocycles. The molecule has 2 aromatic carbocycles. The van der Waals surface area contributed by atoms with E-state index in [9.17, 15) is 0 Å². The van der Waals surface area contributed by atoms with E-state index < -0.39 is 0 Å². The molecule has 2 aromatic rings. The van der Waals surface area contributed by atoms with Crippen LogP contribution < -0.4 is 5.30 Å². The number of rotatable bonds is 6. The van der Waals surface area contributed by atoms with Crippen LogP contribution in [0.25, 0.3) is 11.1 Å². The molecule has 0 bridgehead atoms. The molecule has 0 amide bonds. The van der Waals surface area contributed by atoms with Gasteiger partial charge in [0.1, 0.15) is 0 Å². The van der Waals surface area contributed by atoms with Crippen molar-refractivity contribution < 1.29 is 0 Å². The summed E-state index contributed by atoms with van der Waals surface area (Å²) in [5.41, 5.74) is 5.34. The summed E-state index contributed by atoms with van der Waals surface area (Å²) in [5, 5.41) is 2.83. The summed E-state index contributed by atoms with van der Waals surface area (Å²) in [6.07, 6.45) is 16.4. The fourth-order valence-electron chi connectivity index (χ4n) is 3.61. The highest BCUT2D eigenvalue weighted by Crippen LogP contribution is 2.41. The lowest BCUT2D eigenvalue weighted by molar-refractivity contribution is 0.529. The lowest BCUT2D eigenvalue weighted by atomic mass is 9.76. The molecule has 2 unspecified atom stereocenters. The zero-order valence-corrected chi connectivity index (χ0v) is 18.1. The van der Waals surface area contributed by atoms with Gasteiger partial charge in [0, 0.05) is 5.41 Å². The molecule has 0 nitrogen and oxygen atoms in total. The lowest BCUT2D eigenvalue weighted by Crippen LogP contribution is -2.17. The van der Waals surface area contributed by atoms with Crippen molar-refractivity contribution in [3.63, 3.8) is 0 Å². The highest BCUT2D eigenvalue weighted by atomic mass is 31.1. The zero-order chi connectivity index (χ0) is 20.0. The van der Waals surface area contributed by atoms with Gasteiger partial charge in [-0.2, -0.15) is 0 Å². The molecule has 0 saturated heterocycles. The molecule has 0 heterocycles. The third kappa shape index (κ3) is 4.70. The Hall–Kier alpha value is -2.43. The Bertz CT molecular complexity index is 957. The van der Waals surface area contributed by atoms with Crippen LogP contribution >= 0.6 is 8.58 Å². The van der Waals surface area contributed by atoms with Crippen LogP contribution in [0.4, 0.5) is 0 Å². The van der Waals surface area contributed by atoms with Gasteiger partial charge in [-0.25, -0.2) is 0 Å². The van der Waals surface area contributed by atoms with Gasteiger partial charge in [0.05, 0.1) is 0 Å². The van der Waals surface area contributed by atoms with Gasteiger partial charge in [-0.1, -0.05) is 119 Å². The molecular weight excluding hydrogens is 355 g/mol. The van der Waals surface area contributed by atoms with Crippen LogP contribution in [-0.4, -0.2) is 0 Å². The molecule has 0 spiro atoms. The smallest absolute Gasteiger partial charge is 0.0138 e. The molecule has 1 heteroatoms. The van der Waals surface area contributed by atoms with Crippen LogP contribution in [0, 0.1) is 12.3 Å². The first-order valence-corrected chi connectivity index (χ1v) is 10.8. The van der Waals surface area contributed by atoms with Gasteiger partial charge in [-0.15, -0.1) is 0 Å². The minimum Gasteiger partial charge on any atom is -0.0991 e. The Kier molecular flexibility index (Phi) is 6.65. The monoisotopic (exact) mass is 384 g/mol. The third-order valence-electron chi connectivity index (χ3n) is 5.30. The van der Waals surface area contributed by atoms with E-state index >= 15 is 0 Å². The zero-order valence-electron chi connectivity index (χ0n) is 17.1. The highest BCUT2D eigenvalue weighted by molar-refractivity contribution is 7.52. The standard InChI is InChI=1S/C27H29P/c1-5-7-13-23(6-2)27(4)18-16-24(17-19-27)28-26-15-14-21(3)20-25(26)22-11-9-8-10-12-22/h5-18,20,28H,1,19H2,2-4H3/b13-7-,23-6+. The van der Waals surface area contributed by atoms with E-state index in [1.807, 2.05) is 12.2 Å². The lowest BCUT2D eigenvalue weighted by Gasteiger charge is -2.30. The quantitative estimate of drug-likeness (QED) is 0.357. The van der Waals surface area contributed by atoms with Gasteiger partial charge < -0.3 is 0 Å². The second-order valence-electron chi connectivity index (χ2n) is 7.49. The Morgan fingerprint density at radius 2 is 1.93 bits per heavy atom. The number of benzene rings is 2. The molecule has 0 aromatic heterocycles. The highest BCUT2D eigenvalue weighted by Gasteiger charge is 2.25. The van der Waals surface area contributed by atoms with E-state index in [0.29, 0.717) is 8.58 Å². The molecule has 0 N–H and O–H groups in total. The van der Waals surface area contributed by atoms with Gasteiger partial charge in [0.2, 0.25) is 0 Å². The molecule has 1 aliphatic rings. The molecule has 0 radical (unpaired) electrons. The fraction of sp³-hybridized carbons (Fsp3) is 0.185. The molecule has 0 saturated carbocycles. The van der Waals surface area contributed by atoms with Crippen LogP contribution in [0.3, 0.4) is 0 Å². The van der Waals surface area contributed by atoms with Crippen molar-refractivity contribution >= 4 is 13.9 Å². The largest absolute Gasteiger partial charge is 0.0991 e. The van der Waals surface area contributed by atoms with Crippen LogP contribution in [0.15, 0.2) is 109 Å². The molecular formula is C27H29P. The summed E-state index contributed by atoms with van der Waals surface area (Å²) < 4.78 is 0. The average molecular weight is 385 g/mol. The maximum atomic E-state index is 3.79. The van der Waals surface area contributed by atoms with Crippen LogP contribution in [0.5, 0.6) is 0 Å². The fourth-order valence-corrected chi connectivity index (χ4v) is 4.81. The van der Waals surface area contributed by atoms with Gasteiger partial charge in [-0.3, -0.25) is 0 Å². The van der Waals surface area contributed by atoms with E-state index in [1.54, 1.807) is 0 Å². The Morgan fingerprint density at radius 1 is 1.14 bits per heavy atom. The summed E-state index contributed by atoms with van der Waals surface area (Å²) in [6.45, 7) is 10.4. The summed E-state index contributed by atoms with van der Waals surface area (Å²) in [7, 11) is 0.666. The van der Waals surface area contributed by atoms with Gasteiger partial charge in [-0.05, 0) is 47.6 Å². The molecule has 0 fully saturated rings. The number of allylic oxidation sites excluding steroid dienone is 9. The Balaban J connectivity index is 1.84. The number of hydrogen-bond donors (Lipinski definition) is 0. The molecule has 142 valence electrons. The third-order valence-corrected chi connectivity index (χ3v) is 6.66. The first kappa shape index (κ1) is 20.3. The molecule has 28 heavy (non-hydrogen) atoms. The predicted molar refractivity (Wildman–Crippen MR) is 128 cm³/mol. The molecule has 0 aliphatic heterocycles. The average Bonchev–Trinajstić information content (AvgIpc) is 2.72. The van der Waals surface area contributed by atoms with E-state index in [4.69, 9.17) is 0 Å². The van der Waals surface area contributed by atoms with Crippen molar-refractivity contribution in [1.82, 2.24) is 0 Å². The first-order valence-electron chi connectivity index (χ1n) is 9.84. The summed E-state index contributed by atoms with van der Waals surface area (Å²) in [5.74, 6) is 0. The topological polar surface area (TPSA) is 0 Å². The molecule has 2 atom stereocenters.